The van der Waals surface area contributed by atoms with Crippen LogP contribution in [0.1, 0.15) is 25.7 Å². The Hall–Kier alpha value is -0.560. The Morgan fingerprint density at radius 3 is 3.12 bits per heavy atom. The highest BCUT2D eigenvalue weighted by Crippen LogP contribution is 2.25. The Kier molecular flexibility index (Phi) is 6.47. The van der Waals surface area contributed by atoms with Gasteiger partial charge in [0.2, 0.25) is 0 Å². The largest absolute Gasteiger partial charge is 0.403 e. The first kappa shape index (κ1) is 13.5. The molecule has 0 aromatic carbocycles. The van der Waals surface area contributed by atoms with Crippen LogP contribution in [0.4, 0.5) is 0 Å². The third-order valence-corrected chi connectivity index (χ3v) is 4.03. The van der Waals surface area contributed by atoms with Gasteiger partial charge in [-0.15, -0.1) is 8.58 Å². The van der Waals surface area contributed by atoms with Crippen molar-refractivity contribution in [1.29, 1.82) is 0 Å². The van der Waals surface area contributed by atoms with Gasteiger partial charge in [0.05, 0.1) is 11.7 Å². The summed E-state index contributed by atoms with van der Waals surface area (Å²) in [5.74, 6) is 0.792. The predicted octanol–water partition coefficient (Wildman–Crippen LogP) is 1.94. The average molecular weight is 241 g/mol. The van der Waals surface area contributed by atoms with Crippen molar-refractivity contribution in [2.75, 3.05) is 19.4 Å². The summed E-state index contributed by atoms with van der Waals surface area (Å²) in [5.41, 5.74) is 6.68. The Bertz CT molecular complexity index is 238. The molecule has 1 aliphatic heterocycles. The van der Waals surface area contributed by atoms with Crippen LogP contribution in [0.3, 0.4) is 0 Å². The van der Waals surface area contributed by atoms with Crippen molar-refractivity contribution in [3.05, 3.63) is 11.9 Å². The van der Waals surface area contributed by atoms with Gasteiger partial charge < -0.3 is 11.1 Å². The van der Waals surface area contributed by atoms with Crippen molar-refractivity contribution in [2.45, 2.75) is 31.7 Å². The van der Waals surface area contributed by atoms with Crippen LogP contribution in [-0.2, 0) is 0 Å². The highest BCUT2D eigenvalue weighted by Gasteiger charge is 2.20. The van der Waals surface area contributed by atoms with Crippen LogP contribution < -0.4 is 11.1 Å². The van der Waals surface area contributed by atoms with Crippen LogP contribution in [-0.4, -0.2) is 32.1 Å². The van der Waals surface area contributed by atoms with Crippen molar-refractivity contribution in [3.8, 4) is 0 Å². The van der Waals surface area contributed by atoms with Crippen molar-refractivity contribution >= 4 is 15.3 Å². The van der Waals surface area contributed by atoms with E-state index in [1.54, 1.807) is 6.20 Å². The van der Waals surface area contributed by atoms with E-state index in [-0.39, 0.29) is 6.04 Å². The van der Waals surface area contributed by atoms with Gasteiger partial charge in [0.25, 0.3) is 0 Å². The van der Waals surface area contributed by atoms with E-state index >= 15 is 0 Å². The lowest BCUT2D eigenvalue weighted by Gasteiger charge is -2.26. The van der Waals surface area contributed by atoms with Gasteiger partial charge in [-0.2, -0.15) is 0 Å². The summed E-state index contributed by atoms with van der Waals surface area (Å²) < 4.78 is 0. The smallest absolute Gasteiger partial charge is 0.0904 e. The topological polar surface area (TPSA) is 50.4 Å². The summed E-state index contributed by atoms with van der Waals surface area (Å²) in [6.45, 7) is 6.98. The van der Waals surface area contributed by atoms with Crippen molar-refractivity contribution in [3.63, 3.8) is 0 Å². The zero-order valence-corrected chi connectivity index (χ0v) is 11.2. The zero-order valence-electron chi connectivity index (χ0n) is 10.2. The molecule has 3 unspecified atom stereocenters. The average Bonchev–Trinajstić information content (AvgIpc) is 2.28. The van der Waals surface area contributed by atoms with Gasteiger partial charge in [0.15, 0.2) is 0 Å². The highest BCUT2D eigenvalue weighted by molar-refractivity contribution is 7.36. The van der Waals surface area contributed by atoms with Gasteiger partial charge in [0, 0.05) is 12.7 Å². The molecule has 0 saturated carbocycles. The summed E-state index contributed by atoms with van der Waals surface area (Å²) in [7, 11) is 1.06. The van der Waals surface area contributed by atoms with E-state index in [0.29, 0.717) is 0 Å². The molecule has 3 atom stereocenters. The molecule has 3 nitrogen and oxygen atoms in total. The third-order valence-electron chi connectivity index (χ3n) is 3.24. The maximum absolute atomic E-state index is 5.62. The van der Waals surface area contributed by atoms with Gasteiger partial charge >= 0.3 is 0 Å². The summed E-state index contributed by atoms with van der Waals surface area (Å²) in [6.07, 6.45) is 7.98. The number of rotatable bonds is 4. The van der Waals surface area contributed by atoms with E-state index in [4.69, 9.17) is 5.73 Å². The maximum atomic E-state index is 5.62. The first-order valence-electron chi connectivity index (χ1n) is 6.08. The number of nitrogens with zero attached hydrogens (tertiary/aromatic N) is 1. The normalized spacial score (nSPS) is 29.9. The summed E-state index contributed by atoms with van der Waals surface area (Å²) in [5, 5.41) is 3.35. The maximum Gasteiger partial charge on any atom is 0.0904 e. The Balaban J connectivity index is 2.58. The second-order valence-corrected chi connectivity index (χ2v) is 5.59. The summed E-state index contributed by atoms with van der Waals surface area (Å²) in [6, 6.07) is 0.176. The molecule has 0 bridgehead atoms. The fraction of sp³-hybridized carbons (Fsp3) is 0.750. The van der Waals surface area contributed by atoms with Gasteiger partial charge in [-0.1, -0.05) is 0 Å². The van der Waals surface area contributed by atoms with Gasteiger partial charge in [-0.25, -0.2) is 0 Å². The molecule has 0 aromatic rings. The number of nitrogens with two attached hydrogens (primary N) is 1. The van der Waals surface area contributed by atoms with Crippen molar-refractivity contribution < 1.29 is 0 Å². The van der Waals surface area contributed by atoms with E-state index in [2.05, 4.69) is 23.7 Å². The quantitative estimate of drug-likeness (QED) is 0.584. The molecule has 0 radical (unpaired) electrons. The molecule has 0 amide bonds. The lowest BCUT2D eigenvalue weighted by atomic mass is 9.90. The lowest BCUT2D eigenvalue weighted by molar-refractivity contribution is 0.377. The summed E-state index contributed by atoms with van der Waals surface area (Å²) in [4.78, 5) is 4.20. The van der Waals surface area contributed by atoms with Gasteiger partial charge in [-0.05, 0) is 51.1 Å². The van der Waals surface area contributed by atoms with Gasteiger partial charge in [-0.3, -0.25) is 4.99 Å². The number of hydrogen-bond donors (Lipinski definition) is 2. The fourth-order valence-electron chi connectivity index (χ4n) is 2.26. The molecule has 92 valence electrons. The zero-order chi connectivity index (χ0) is 11.8. The molecule has 0 aliphatic carbocycles. The number of nitrogens with one attached hydrogen (secondary N) is 1. The molecule has 16 heavy (non-hydrogen) atoms. The van der Waals surface area contributed by atoms with Crippen LogP contribution in [0.2, 0.25) is 0 Å². The van der Waals surface area contributed by atoms with Crippen molar-refractivity contribution in [2.24, 2.45) is 16.6 Å². The van der Waals surface area contributed by atoms with E-state index in [1.807, 2.05) is 0 Å². The molecule has 1 saturated heterocycles. The first-order chi connectivity index (χ1) is 7.81. The molecule has 0 aromatic heterocycles. The summed E-state index contributed by atoms with van der Waals surface area (Å²) >= 11 is 0. The molecular formula is C12H24N3P. The molecule has 1 rings (SSSR count). The molecule has 3 N–H and O–H groups in total. The molecule has 1 aliphatic rings. The number of hydrogen-bond acceptors (Lipinski definition) is 3. The molecule has 1 fully saturated rings. The molecule has 1 heterocycles. The lowest BCUT2D eigenvalue weighted by Crippen LogP contribution is -2.30. The van der Waals surface area contributed by atoms with E-state index < -0.39 is 0 Å². The van der Waals surface area contributed by atoms with Crippen LogP contribution in [0.25, 0.3) is 0 Å². The minimum Gasteiger partial charge on any atom is -0.403 e. The Morgan fingerprint density at radius 1 is 1.69 bits per heavy atom. The third kappa shape index (κ3) is 4.13. The monoisotopic (exact) mass is 241 g/mol. The molecular weight excluding hydrogens is 217 g/mol. The second kappa shape index (κ2) is 7.67. The second-order valence-electron chi connectivity index (χ2n) is 4.38. The predicted molar refractivity (Wildman–Crippen MR) is 74.7 cm³/mol. The van der Waals surface area contributed by atoms with Crippen molar-refractivity contribution in [1.82, 2.24) is 5.32 Å². The Labute approximate surface area is 101 Å². The standard InChI is InChI=1S/C12H24N3P/c1-14-11-8-10(5-7-16-2)4-3-6-15-12(11)9-13/h9-11,15-16H,1,3-8,13H2,2H3/b12-9+. The molecule has 4 heteroatoms. The SMILES string of the molecule is C=NC1CC(CCPC)CCCN/C1=C/N. The van der Waals surface area contributed by atoms with Crippen LogP contribution in [0.5, 0.6) is 0 Å². The Morgan fingerprint density at radius 2 is 2.50 bits per heavy atom. The fourth-order valence-corrected chi connectivity index (χ4v) is 2.95. The van der Waals surface area contributed by atoms with Crippen LogP contribution in [0, 0.1) is 5.92 Å². The van der Waals surface area contributed by atoms with E-state index in [1.165, 1.54) is 25.4 Å². The highest BCUT2D eigenvalue weighted by atomic mass is 31.1. The van der Waals surface area contributed by atoms with E-state index in [0.717, 1.165) is 33.2 Å². The van der Waals surface area contributed by atoms with E-state index in [9.17, 15) is 0 Å². The number of aliphatic imine (C=N–C) groups is 1. The van der Waals surface area contributed by atoms with Gasteiger partial charge in [0.1, 0.15) is 0 Å². The van der Waals surface area contributed by atoms with Crippen LogP contribution in [0.15, 0.2) is 16.9 Å². The first-order valence-corrected chi connectivity index (χ1v) is 7.78. The minimum absolute atomic E-state index is 0.176. The molecule has 0 spiro atoms. The van der Waals surface area contributed by atoms with Crippen LogP contribution >= 0.6 is 8.58 Å². The minimum atomic E-state index is 0.176.